The van der Waals surface area contributed by atoms with Gasteiger partial charge in [0.05, 0.1) is 0 Å². The Morgan fingerprint density at radius 3 is 2.44 bits per heavy atom. The molecule has 1 aromatic rings. The summed E-state index contributed by atoms with van der Waals surface area (Å²) in [5, 5.41) is 0. The van der Waals surface area contributed by atoms with Gasteiger partial charge in [-0.05, 0) is 0 Å². The third-order valence-corrected chi connectivity index (χ3v) is 2.41. The molecule has 48 valence electrons. The van der Waals surface area contributed by atoms with E-state index in [2.05, 4.69) is 9.97 Å². The van der Waals surface area contributed by atoms with Crippen molar-refractivity contribution in [2.45, 2.75) is 0 Å². The first-order valence-corrected chi connectivity index (χ1v) is 5.51. The maximum absolute atomic E-state index is 4.77. The number of nitrogens with zero attached hydrogens (tertiary/aromatic N) is 2. The molecule has 1 rings (SSSR count). The fourth-order valence-electron chi connectivity index (χ4n) is 0.486. The van der Waals surface area contributed by atoms with Gasteiger partial charge < -0.3 is 0 Å². The van der Waals surface area contributed by atoms with E-state index in [-0.39, 0.29) is 0 Å². The summed E-state index contributed by atoms with van der Waals surface area (Å²) in [5.74, 6) is 0. The van der Waals surface area contributed by atoms with E-state index in [0.717, 1.165) is 0 Å². The van der Waals surface area contributed by atoms with Crippen molar-refractivity contribution in [2.24, 2.45) is 0 Å². The van der Waals surface area contributed by atoms with Crippen LogP contribution in [-0.4, -0.2) is 39.6 Å². The molecule has 1 aromatic heterocycles. The topological polar surface area (TPSA) is 35.0 Å². The summed E-state index contributed by atoms with van der Waals surface area (Å²) in [7, 11) is 1.56. The summed E-state index contributed by atoms with van der Waals surface area (Å²) in [6, 6.07) is 0.451. The Morgan fingerprint density at radius 2 is 2.00 bits per heavy atom. The molecule has 0 aliphatic heterocycles. The van der Waals surface area contributed by atoms with Gasteiger partial charge in [0.15, 0.2) is 0 Å². The van der Waals surface area contributed by atoms with E-state index >= 15 is 0 Å². The SMILES string of the molecule is COc1nc[c]([SnH3])cn1. The van der Waals surface area contributed by atoms with E-state index in [1.165, 1.54) is 3.58 Å². The van der Waals surface area contributed by atoms with E-state index in [1.807, 2.05) is 12.4 Å². The van der Waals surface area contributed by atoms with Crippen LogP contribution in [0, 0.1) is 0 Å². The van der Waals surface area contributed by atoms with Crippen molar-refractivity contribution in [3.05, 3.63) is 12.4 Å². The number of aromatic nitrogens is 2. The Morgan fingerprint density at radius 1 is 1.44 bits per heavy atom. The third-order valence-electron chi connectivity index (χ3n) is 0.940. The van der Waals surface area contributed by atoms with Crippen molar-refractivity contribution < 1.29 is 4.74 Å². The summed E-state index contributed by atoms with van der Waals surface area (Å²) in [5.41, 5.74) is 0. The number of rotatable bonds is 1. The first-order valence-electron chi connectivity index (χ1n) is 2.65. The van der Waals surface area contributed by atoms with Crippen molar-refractivity contribution >= 4 is 26.1 Å². The van der Waals surface area contributed by atoms with Crippen LogP contribution in [0.5, 0.6) is 6.01 Å². The van der Waals surface area contributed by atoms with Gasteiger partial charge in [-0.1, -0.05) is 0 Å². The summed E-state index contributed by atoms with van der Waals surface area (Å²) < 4.78 is 6.02. The molecule has 4 heteroatoms. The van der Waals surface area contributed by atoms with Crippen LogP contribution in [0.1, 0.15) is 0 Å². The predicted molar refractivity (Wildman–Crippen MR) is 38.2 cm³/mol. The van der Waals surface area contributed by atoms with Gasteiger partial charge in [0.2, 0.25) is 0 Å². The molecular weight excluding hydrogens is 223 g/mol. The minimum atomic E-state index is 0.451. The number of methoxy groups -OCH3 is 1. The van der Waals surface area contributed by atoms with Crippen LogP contribution in [0.2, 0.25) is 0 Å². The van der Waals surface area contributed by atoms with Crippen LogP contribution in [0.25, 0.3) is 0 Å². The third kappa shape index (κ3) is 1.82. The van der Waals surface area contributed by atoms with Gasteiger partial charge in [0.1, 0.15) is 0 Å². The molecule has 3 nitrogen and oxygen atoms in total. The molecule has 1 heterocycles. The number of hydrogen-bond donors (Lipinski definition) is 0. The van der Waals surface area contributed by atoms with Crippen LogP contribution < -0.4 is 8.32 Å². The molecule has 0 fully saturated rings. The second-order valence-corrected chi connectivity index (χ2v) is 5.04. The number of hydrogen-bond acceptors (Lipinski definition) is 3. The summed E-state index contributed by atoms with van der Waals surface area (Å²) in [6.45, 7) is 0. The monoisotopic (exact) mass is 232 g/mol. The van der Waals surface area contributed by atoms with Crippen LogP contribution >= 0.6 is 0 Å². The Balaban J connectivity index is 2.88. The molecule has 0 aromatic carbocycles. The van der Waals surface area contributed by atoms with Crippen molar-refractivity contribution in [3.8, 4) is 6.01 Å². The average molecular weight is 231 g/mol. The minimum absolute atomic E-state index is 0.451. The fourth-order valence-corrected chi connectivity index (χ4v) is 1.22. The zero-order valence-corrected chi connectivity index (χ0v) is 11.2. The number of ether oxygens (including phenoxy) is 1. The van der Waals surface area contributed by atoms with Gasteiger partial charge in [0, 0.05) is 0 Å². The quantitative estimate of drug-likeness (QED) is 0.550. The Bertz CT molecular complexity index is 187. The van der Waals surface area contributed by atoms with Crippen molar-refractivity contribution in [2.75, 3.05) is 7.11 Å². The van der Waals surface area contributed by atoms with Crippen LogP contribution in [0.4, 0.5) is 0 Å². The zero-order valence-electron chi connectivity index (χ0n) is 5.46. The van der Waals surface area contributed by atoms with Gasteiger partial charge in [0.25, 0.3) is 0 Å². The molecule has 0 aliphatic rings. The Hall–Kier alpha value is -0.321. The van der Waals surface area contributed by atoms with Crippen molar-refractivity contribution in [3.63, 3.8) is 0 Å². The second-order valence-electron chi connectivity index (χ2n) is 1.75. The molecule has 0 amide bonds. The van der Waals surface area contributed by atoms with Crippen molar-refractivity contribution in [1.82, 2.24) is 9.97 Å². The van der Waals surface area contributed by atoms with Crippen LogP contribution in [0.15, 0.2) is 12.4 Å². The molecule has 0 radical (unpaired) electrons. The molecule has 0 N–H and O–H groups in total. The Labute approximate surface area is 66.6 Å². The summed E-state index contributed by atoms with van der Waals surface area (Å²) in [6.07, 6.45) is 3.61. The molecule has 0 bridgehead atoms. The fraction of sp³-hybridized carbons (Fsp3) is 0.200. The molecule has 0 saturated heterocycles. The van der Waals surface area contributed by atoms with Gasteiger partial charge in [-0.2, -0.15) is 0 Å². The first-order chi connectivity index (χ1) is 4.33. The van der Waals surface area contributed by atoms with Crippen molar-refractivity contribution in [1.29, 1.82) is 0 Å². The molecule has 0 spiro atoms. The van der Waals surface area contributed by atoms with Crippen LogP contribution in [-0.2, 0) is 0 Å². The molecule has 9 heavy (non-hydrogen) atoms. The van der Waals surface area contributed by atoms with Gasteiger partial charge in [-0.15, -0.1) is 0 Å². The van der Waals surface area contributed by atoms with Gasteiger partial charge in [-0.3, -0.25) is 0 Å². The molecule has 0 unspecified atom stereocenters. The summed E-state index contributed by atoms with van der Waals surface area (Å²) in [4.78, 5) is 7.83. The zero-order chi connectivity index (χ0) is 6.69. The molecule has 0 atom stereocenters. The van der Waals surface area contributed by atoms with E-state index in [1.54, 1.807) is 7.11 Å². The van der Waals surface area contributed by atoms with E-state index in [0.29, 0.717) is 28.5 Å². The molecular formula is C5H8N2OSn. The normalized spacial score (nSPS) is 9.44. The molecule has 0 saturated carbocycles. The van der Waals surface area contributed by atoms with Crippen LogP contribution in [0.3, 0.4) is 0 Å². The van der Waals surface area contributed by atoms with E-state index in [4.69, 9.17) is 4.74 Å². The van der Waals surface area contributed by atoms with E-state index < -0.39 is 0 Å². The van der Waals surface area contributed by atoms with Gasteiger partial charge in [-0.25, -0.2) is 0 Å². The average Bonchev–Trinajstić information content (AvgIpc) is 1.90. The standard InChI is InChI=1S/C5H5N2O.Sn.3H/c1-8-5-6-3-2-4-7-5;;;;/h3-4H,1H3;;;;. The molecule has 0 aliphatic carbocycles. The van der Waals surface area contributed by atoms with Gasteiger partial charge >= 0.3 is 66.3 Å². The Kier molecular flexibility index (Phi) is 2.27. The predicted octanol–water partition coefficient (Wildman–Crippen LogP) is -1.52. The first kappa shape index (κ1) is 6.79. The maximum atomic E-state index is 4.77. The second kappa shape index (κ2) is 3.00. The van der Waals surface area contributed by atoms with E-state index in [9.17, 15) is 0 Å². The summed E-state index contributed by atoms with van der Waals surface area (Å²) >= 11 is 0.514.